The normalized spacial score (nSPS) is 10.6. The molecular weight excluding hydrogens is 238 g/mol. The lowest BCUT2D eigenvalue weighted by Crippen LogP contribution is -2.13. The first-order valence-electron chi connectivity index (χ1n) is 6.66. The van der Waals surface area contributed by atoms with E-state index in [1.165, 1.54) is 5.56 Å². The Morgan fingerprint density at radius 3 is 3.00 bits per heavy atom. The van der Waals surface area contributed by atoms with Crippen LogP contribution in [0.4, 0.5) is 0 Å². The molecule has 19 heavy (non-hydrogen) atoms. The second-order valence-corrected chi connectivity index (χ2v) is 4.53. The zero-order valence-corrected chi connectivity index (χ0v) is 11.6. The van der Waals surface area contributed by atoms with E-state index in [4.69, 9.17) is 4.74 Å². The molecule has 4 heteroatoms. The Kier molecular flexibility index (Phi) is 4.98. The Morgan fingerprint density at radius 2 is 2.21 bits per heavy atom. The highest BCUT2D eigenvalue weighted by Crippen LogP contribution is 2.13. The number of aryl methyl sites for hydroxylation is 1. The van der Waals surface area contributed by atoms with Crippen LogP contribution in [0.25, 0.3) is 0 Å². The molecule has 0 radical (unpaired) electrons. The van der Waals surface area contributed by atoms with E-state index in [9.17, 15) is 0 Å². The van der Waals surface area contributed by atoms with Gasteiger partial charge in [-0.15, -0.1) is 0 Å². The van der Waals surface area contributed by atoms with Crippen molar-refractivity contribution in [2.45, 2.75) is 33.0 Å². The van der Waals surface area contributed by atoms with Gasteiger partial charge in [-0.05, 0) is 24.1 Å². The summed E-state index contributed by atoms with van der Waals surface area (Å²) in [7, 11) is 1.65. The highest BCUT2D eigenvalue weighted by atomic mass is 16.5. The van der Waals surface area contributed by atoms with Gasteiger partial charge >= 0.3 is 0 Å². The first-order valence-corrected chi connectivity index (χ1v) is 6.66. The fourth-order valence-electron chi connectivity index (χ4n) is 2.08. The zero-order valence-electron chi connectivity index (χ0n) is 11.6. The van der Waals surface area contributed by atoms with Gasteiger partial charge in [0.15, 0.2) is 0 Å². The number of hydrogen-bond acceptors (Lipinski definition) is 3. The van der Waals surface area contributed by atoms with E-state index < -0.39 is 0 Å². The van der Waals surface area contributed by atoms with Crippen molar-refractivity contribution >= 4 is 0 Å². The lowest BCUT2D eigenvalue weighted by molar-refractivity contribution is 0.390. The monoisotopic (exact) mass is 259 g/mol. The first-order chi connectivity index (χ1) is 9.33. The molecule has 0 spiro atoms. The molecule has 0 atom stereocenters. The first kappa shape index (κ1) is 13.6. The molecule has 0 aliphatic carbocycles. The van der Waals surface area contributed by atoms with Crippen LogP contribution in [0.15, 0.2) is 36.8 Å². The van der Waals surface area contributed by atoms with E-state index in [0.717, 1.165) is 31.6 Å². The van der Waals surface area contributed by atoms with Crippen LogP contribution in [0, 0.1) is 0 Å². The predicted octanol–water partition coefficient (Wildman–Crippen LogP) is 2.59. The van der Waals surface area contributed by atoms with Crippen molar-refractivity contribution in [2.24, 2.45) is 0 Å². The summed E-state index contributed by atoms with van der Waals surface area (Å²) in [6, 6.07) is 6.11. The van der Waals surface area contributed by atoms with Crippen molar-refractivity contribution in [2.75, 3.05) is 7.11 Å². The van der Waals surface area contributed by atoms with Gasteiger partial charge in [0, 0.05) is 43.8 Å². The molecule has 0 saturated carbocycles. The van der Waals surface area contributed by atoms with Gasteiger partial charge in [0.1, 0.15) is 0 Å². The van der Waals surface area contributed by atoms with Gasteiger partial charge in [0.25, 0.3) is 0 Å². The summed E-state index contributed by atoms with van der Waals surface area (Å²) in [5.74, 6) is 0.693. The van der Waals surface area contributed by atoms with E-state index >= 15 is 0 Å². The molecule has 0 fully saturated rings. The molecule has 0 bridgehead atoms. The molecule has 2 aromatic rings. The number of nitrogens with zero attached hydrogens (tertiary/aromatic N) is 2. The minimum Gasteiger partial charge on any atom is -0.481 e. The number of hydrogen-bond donors (Lipinski definition) is 1. The van der Waals surface area contributed by atoms with E-state index in [2.05, 4.69) is 40.3 Å². The largest absolute Gasteiger partial charge is 0.481 e. The van der Waals surface area contributed by atoms with Crippen LogP contribution in [0.1, 0.15) is 24.5 Å². The number of rotatable bonds is 7. The Balaban J connectivity index is 1.85. The van der Waals surface area contributed by atoms with Crippen molar-refractivity contribution in [1.82, 2.24) is 14.9 Å². The maximum atomic E-state index is 5.23. The molecular formula is C15H21N3O. The number of aromatic nitrogens is 2. The van der Waals surface area contributed by atoms with Gasteiger partial charge in [-0.1, -0.05) is 13.0 Å². The average molecular weight is 259 g/mol. The summed E-state index contributed by atoms with van der Waals surface area (Å²) in [6.45, 7) is 4.88. The fourth-order valence-corrected chi connectivity index (χ4v) is 2.08. The maximum Gasteiger partial charge on any atom is 0.217 e. The molecule has 0 aliphatic rings. The Hall–Kier alpha value is -1.81. The second kappa shape index (κ2) is 6.95. The van der Waals surface area contributed by atoms with Crippen molar-refractivity contribution < 1.29 is 4.74 Å². The van der Waals surface area contributed by atoms with Gasteiger partial charge in [0.05, 0.1) is 7.11 Å². The quantitative estimate of drug-likeness (QED) is 0.830. The highest BCUT2D eigenvalue weighted by molar-refractivity contribution is 5.25. The minimum atomic E-state index is 0.693. The second-order valence-electron chi connectivity index (χ2n) is 4.53. The van der Waals surface area contributed by atoms with E-state index in [0.29, 0.717) is 5.88 Å². The zero-order chi connectivity index (χ0) is 13.5. The number of pyridine rings is 1. The standard InChI is InChI=1S/C15H21N3O/c1-3-8-18-9-6-13(12-18)10-16-11-14-5-4-7-17-15(14)19-2/h4-7,9,12,16H,3,8,10-11H2,1-2H3. The summed E-state index contributed by atoms with van der Waals surface area (Å²) >= 11 is 0. The maximum absolute atomic E-state index is 5.23. The lowest BCUT2D eigenvalue weighted by Gasteiger charge is -2.07. The van der Waals surface area contributed by atoms with Gasteiger partial charge in [-0.3, -0.25) is 0 Å². The van der Waals surface area contributed by atoms with Crippen LogP contribution in [0.5, 0.6) is 5.88 Å². The van der Waals surface area contributed by atoms with Crippen LogP contribution in [0.2, 0.25) is 0 Å². The molecule has 2 rings (SSSR count). The third kappa shape index (κ3) is 3.83. The Labute approximate surface area is 114 Å². The van der Waals surface area contributed by atoms with Gasteiger partial charge in [0.2, 0.25) is 5.88 Å². The molecule has 4 nitrogen and oxygen atoms in total. The molecule has 0 aromatic carbocycles. The van der Waals surface area contributed by atoms with Gasteiger partial charge in [-0.25, -0.2) is 4.98 Å². The molecule has 2 aromatic heterocycles. The van der Waals surface area contributed by atoms with Crippen molar-refractivity contribution in [1.29, 1.82) is 0 Å². The molecule has 1 N–H and O–H groups in total. The van der Waals surface area contributed by atoms with Crippen LogP contribution in [0.3, 0.4) is 0 Å². The van der Waals surface area contributed by atoms with Crippen molar-refractivity contribution in [3.8, 4) is 5.88 Å². The Bertz CT molecular complexity index is 508. The molecule has 2 heterocycles. The summed E-state index contributed by atoms with van der Waals surface area (Å²) < 4.78 is 7.45. The van der Waals surface area contributed by atoms with E-state index in [-0.39, 0.29) is 0 Å². The van der Waals surface area contributed by atoms with Crippen molar-refractivity contribution in [3.63, 3.8) is 0 Å². The summed E-state index contributed by atoms with van der Waals surface area (Å²) in [4.78, 5) is 4.18. The minimum absolute atomic E-state index is 0.693. The van der Waals surface area contributed by atoms with Crippen LogP contribution >= 0.6 is 0 Å². The summed E-state index contributed by atoms with van der Waals surface area (Å²) in [5, 5.41) is 3.41. The number of nitrogens with one attached hydrogen (secondary N) is 1. The van der Waals surface area contributed by atoms with Crippen LogP contribution in [-0.2, 0) is 19.6 Å². The Morgan fingerprint density at radius 1 is 1.32 bits per heavy atom. The average Bonchev–Trinajstić information content (AvgIpc) is 2.87. The van der Waals surface area contributed by atoms with Crippen LogP contribution in [-0.4, -0.2) is 16.7 Å². The predicted molar refractivity (Wildman–Crippen MR) is 76.1 cm³/mol. The van der Waals surface area contributed by atoms with Gasteiger partial charge in [-0.2, -0.15) is 0 Å². The topological polar surface area (TPSA) is 39.1 Å². The third-order valence-electron chi connectivity index (χ3n) is 2.98. The third-order valence-corrected chi connectivity index (χ3v) is 2.98. The smallest absolute Gasteiger partial charge is 0.217 e. The van der Waals surface area contributed by atoms with E-state index in [1.54, 1.807) is 13.3 Å². The number of ether oxygens (including phenoxy) is 1. The fraction of sp³-hybridized carbons (Fsp3) is 0.400. The lowest BCUT2D eigenvalue weighted by atomic mass is 10.2. The van der Waals surface area contributed by atoms with Crippen molar-refractivity contribution in [3.05, 3.63) is 47.9 Å². The van der Waals surface area contributed by atoms with E-state index in [1.807, 2.05) is 12.1 Å². The highest BCUT2D eigenvalue weighted by Gasteiger charge is 2.03. The summed E-state index contributed by atoms with van der Waals surface area (Å²) in [5.41, 5.74) is 2.38. The SMILES string of the molecule is CCCn1ccc(CNCc2cccnc2OC)c1. The molecule has 0 amide bonds. The molecule has 0 saturated heterocycles. The van der Waals surface area contributed by atoms with Crippen LogP contribution < -0.4 is 10.1 Å². The summed E-state index contributed by atoms with van der Waals surface area (Å²) in [6.07, 6.45) is 7.23. The molecule has 102 valence electrons. The number of methoxy groups -OCH3 is 1. The molecule has 0 aliphatic heterocycles. The molecule has 0 unspecified atom stereocenters. The van der Waals surface area contributed by atoms with Gasteiger partial charge < -0.3 is 14.6 Å².